The lowest BCUT2D eigenvalue weighted by molar-refractivity contribution is 0.0946. The number of hydrogen-bond donors (Lipinski definition) is 2. The van der Waals surface area contributed by atoms with Crippen LogP contribution in [0.5, 0.6) is 0 Å². The van der Waals surface area contributed by atoms with Crippen molar-refractivity contribution in [3.05, 3.63) is 17.0 Å². The molecule has 1 aliphatic rings. The van der Waals surface area contributed by atoms with Crippen molar-refractivity contribution in [2.45, 2.75) is 12.8 Å². The maximum Gasteiger partial charge on any atom is 0.270 e. The van der Waals surface area contributed by atoms with Crippen molar-refractivity contribution in [1.29, 1.82) is 0 Å². The van der Waals surface area contributed by atoms with Crippen molar-refractivity contribution >= 4 is 23.3 Å². The van der Waals surface area contributed by atoms with Crippen molar-refractivity contribution in [2.24, 2.45) is 5.92 Å². The van der Waals surface area contributed by atoms with Crippen LogP contribution >= 0.6 is 11.6 Å². The molecule has 2 rings (SSSR count). The average Bonchev–Trinajstić information content (AvgIpc) is 3.08. The second kappa shape index (κ2) is 4.65. The summed E-state index contributed by atoms with van der Waals surface area (Å²) in [6.45, 7) is 0.718. The van der Waals surface area contributed by atoms with E-state index in [-0.39, 0.29) is 11.2 Å². The number of rotatable bonds is 4. The van der Waals surface area contributed by atoms with E-state index in [1.165, 1.54) is 12.8 Å². The fourth-order valence-electron chi connectivity index (χ4n) is 1.31. The van der Waals surface area contributed by atoms with E-state index < -0.39 is 0 Å². The molecule has 16 heavy (non-hydrogen) atoms. The van der Waals surface area contributed by atoms with Gasteiger partial charge in [-0.2, -0.15) is 0 Å². The molecular formula is C10H13ClN4O. The molecule has 5 nitrogen and oxygen atoms in total. The fourth-order valence-corrected chi connectivity index (χ4v) is 1.49. The minimum Gasteiger partial charge on any atom is -0.373 e. The van der Waals surface area contributed by atoms with E-state index in [1.807, 2.05) is 0 Å². The number of carbonyl (C=O) groups excluding carboxylic acids is 1. The molecule has 1 saturated carbocycles. The minimum atomic E-state index is -0.201. The van der Waals surface area contributed by atoms with Crippen molar-refractivity contribution in [3.63, 3.8) is 0 Å². The molecule has 0 radical (unpaired) electrons. The standard InChI is InChI=1S/C10H13ClN4O/c1-12-8-4-7(14-10(11)15-8)9(16)13-5-6-2-3-6/h4,6H,2-3,5H2,1H3,(H,13,16)(H,12,14,15). The third kappa shape index (κ3) is 2.82. The number of amides is 1. The van der Waals surface area contributed by atoms with Gasteiger partial charge in [0, 0.05) is 19.7 Å². The molecule has 0 aromatic carbocycles. The molecule has 0 atom stereocenters. The molecule has 1 aromatic rings. The quantitative estimate of drug-likeness (QED) is 0.779. The summed E-state index contributed by atoms with van der Waals surface area (Å²) < 4.78 is 0. The lowest BCUT2D eigenvalue weighted by Crippen LogP contribution is -2.26. The SMILES string of the molecule is CNc1cc(C(=O)NCC2CC2)nc(Cl)n1. The smallest absolute Gasteiger partial charge is 0.270 e. The molecule has 0 spiro atoms. The molecule has 1 fully saturated rings. The van der Waals surface area contributed by atoms with Crippen LogP contribution in [0.3, 0.4) is 0 Å². The van der Waals surface area contributed by atoms with Crippen LogP contribution in [0.25, 0.3) is 0 Å². The summed E-state index contributed by atoms with van der Waals surface area (Å²) in [6.07, 6.45) is 2.40. The van der Waals surface area contributed by atoms with Gasteiger partial charge in [-0.05, 0) is 30.4 Å². The first-order valence-electron chi connectivity index (χ1n) is 5.19. The summed E-state index contributed by atoms with van der Waals surface area (Å²) >= 11 is 5.71. The van der Waals surface area contributed by atoms with Gasteiger partial charge in [-0.15, -0.1) is 0 Å². The maximum atomic E-state index is 11.7. The van der Waals surface area contributed by atoms with E-state index in [0.717, 1.165) is 6.54 Å². The summed E-state index contributed by atoms with van der Waals surface area (Å²) in [5.41, 5.74) is 0.296. The van der Waals surface area contributed by atoms with Crippen molar-refractivity contribution in [1.82, 2.24) is 15.3 Å². The Bertz CT molecular complexity index is 406. The van der Waals surface area contributed by atoms with Crippen LogP contribution in [-0.4, -0.2) is 29.5 Å². The Labute approximate surface area is 98.6 Å². The zero-order chi connectivity index (χ0) is 11.5. The molecule has 0 unspecified atom stereocenters. The van der Waals surface area contributed by atoms with Crippen molar-refractivity contribution in [2.75, 3.05) is 18.9 Å². The van der Waals surface area contributed by atoms with Gasteiger partial charge in [0.15, 0.2) is 0 Å². The first-order chi connectivity index (χ1) is 7.69. The minimum absolute atomic E-state index is 0.0726. The van der Waals surface area contributed by atoms with Crippen molar-refractivity contribution in [3.8, 4) is 0 Å². The molecule has 1 aromatic heterocycles. The van der Waals surface area contributed by atoms with Gasteiger partial charge in [0.1, 0.15) is 11.5 Å². The molecule has 1 aliphatic carbocycles. The van der Waals surface area contributed by atoms with Gasteiger partial charge in [-0.1, -0.05) is 0 Å². The highest BCUT2D eigenvalue weighted by Crippen LogP contribution is 2.27. The van der Waals surface area contributed by atoms with Crippen molar-refractivity contribution < 1.29 is 4.79 Å². The Morgan fingerprint density at radius 2 is 2.31 bits per heavy atom. The number of anilines is 1. The summed E-state index contributed by atoms with van der Waals surface area (Å²) in [5, 5.41) is 5.72. The zero-order valence-corrected chi connectivity index (χ0v) is 9.71. The van der Waals surface area contributed by atoms with Gasteiger partial charge in [-0.3, -0.25) is 4.79 Å². The van der Waals surface area contributed by atoms with E-state index in [1.54, 1.807) is 13.1 Å². The van der Waals surface area contributed by atoms with Gasteiger partial charge < -0.3 is 10.6 Å². The third-order valence-corrected chi connectivity index (χ3v) is 2.60. The van der Waals surface area contributed by atoms with Gasteiger partial charge in [0.2, 0.25) is 5.28 Å². The monoisotopic (exact) mass is 240 g/mol. The Balaban J connectivity index is 2.05. The van der Waals surface area contributed by atoms with Gasteiger partial charge in [0.25, 0.3) is 5.91 Å². The lowest BCUT2D eigenvalue weighted by Gasteiger charge is -2.05. The highest BCUT2D eigenvalue weighted by Gasteiger charge is 2.22. The number of nitrogens with zero attached hydrogens (tertiary/aromatic N) is 2. The Morgan fingerprint density at radius 3 is 2.94 bits per heavy atom. The molecular weight excluding hydrogens is 228 g/mol. The van der Waals surface area contributed by atoms with Crippen LogP contribution < -0.4 is 10.6 Å². The second-order valence-electron chi connectivity index (χ2n) is 3.81. The van der Waals surface area contributed by atoms with Gasteiger partial charge in [0.05, 0.1) is 0 Å². The highest BCUT2D eigenvalue weighted by atomic mass is 35.5. The number of halogens is 1. The third-order valence-electron chi connectivity index (χ3n) is 2.44. The molecule has 0 saturated heterocycles. The van der Waals surface area contributed by atoms with Crippen LogP contribution in [0, 0.1) is 5.92 Å². The summed E-state index contributed by atoms with van der Waals surface area (Å²) in [7, 11) is 1.71. The highest BCUT2D eigenvalue weighted by molar-refractivity contribution is 6.28. The summed E-state index contributed by atoms with van der Waals surface area (Å²) in [6, 6.07) is 1.58. The first-order valence-corrected chi connectivity index (χ1v) is 5.57. The second-order valence-corrected chi connectivity index (χ2v) is 4.15. The van der Waals surface area contributed by atoms with E-state index in [2.05, 4.69) is 20.6 Å². The van der Waals surface area contributed by atoms with Crippen LogP contribution in [0.15, 0.2) is 6.07 Å². The fraction of sp³-hybridized carbons (Fsp3) is 0.500. The molecule has 2 N–H and O–H groups in total. The molecule has 0 aliphatic heterocycles. The number of hydrogen-bond acceptors (Lipinski definition) is 4. The van der Waals surface area contributed by atoms with Gasteiger partial charge in [-0.25, -0.2) is 9.97 Å². The predicted octanol–water partition coefficient (Wildman–Crippen LogP) is 1.31. The number of nitrogens with one attached hydrogen (secondary N) is 2. The molecule has 6 heteroatoms. The first kappa shape index (κ1) is 11.1. The largest absolute Gasteiger partial charge is 0.373 e. The summed E-state index contributed by atoms with van der Waals surface area (Å²) in [4.78, 5) is 19.5. The molecule has 86 valence electrons. The Morgan fingerprint density at radius 1 is 1.56 bits per heavy atom. The lowest BCUT2D eigenvalue weighted by atomic mass is 10.3. The number of aromatic nitrogens is 2. The topological polar surface area (TPSA) is 66.9 Å². The molecule has 0 bridgehead atoms. The summed E-state index contributed by atoms with van der Waals surface area (Å²) in [5.74, 6) is 0.981. The van der Waals surface area contributed by atoms with E-state index in [4.69, 9.17) is 11.6 Å². The van der Waals surface area contributed by atoms with Crippen LogP contribution in [-0.2, 0) is 0 Å². The predicted molar refractivity (Wildman–Crippen MR) is 61.6 cm³/mol. The maximum absolute atomic E-state index is 11.7. The van der Waals surface area contributed by atoms with Gasteiger partial charge >= 0.3 is 0 Å². The van der Waals surface area contributed by atoms with E-state index in [9.17, 15) is 4.79 Å². The Kier molecular flexibility index (Phi) is 3.24. The van der Waals surface area contributed by atoms with Crippen LogP contribution in [0.2, 0.25) is 5.28 Å². The zero-order valence-electron chi connectivity index (χ0n) is 8.96. The molecule has 1 heterocycles. The van der Waals surface area contributed by atoms with Crippen LogP contribution in [0.1, 0.15) is 23.3 Å². The Hall–Kier alpha value is -1.36. The van der Waals surface area contributed by atoms with E-state index >= 15 is 0 Å². The molecule has 1 amide bonds. The van der Waals surface area contributed by atoms with Crippen LogP contribution in [0.4, 0.5) is 5.82 Å². The normalized spacial score (nSPS) is 14.6. The average molecular weight is 241 g/mol. The number of carbonyl (C=O) groups is 1. The van der Waals surface area contributed by atoms with E-state index in [0.29, 0.717) is 17.4 Å².